The molecule has 2 rings (SSSR count). The summed E-state index contributed by atoms with van der Waals surface area (Å²) in [5.74, 6) is 0. The van der Waals surface area contributed by atoms with Gasteiger partial charge in [0, 0.05) is 0 Å². The van der Waals surface area contributed by atoms with Crippen LogP contribution in [0.5, 0.6) is 0 Å². The molecule has 0 spiro atoms. The van der Waals surface area contributed by atoms with Crippen molar-refractivity contribution >= 4 is 11.8 Å². The average molecular weight is 234 g/mol. The Balaban J connectivity index is 1.74. The standard InChI is InChI=1S/C12H14N2O3/c1-16-13-11-7-14(8-11)12(15)17-9-10-5-3-2-4-6-10/h2-6H,7-9H2,1H3. The molecule has 0 unspecified atom stereocenters. The van der Waals surface area contributed by atoms with Gasteiger partial charge in [-0.2, -0.15) is 0 Å². The van der Waals surface area contributed by atoms with Crippen LogP contribution >= 0.6 is 0 Å². The van der Waals surface area contributed by atoms with Crippen molar-refractivity contribution in [1.29, 1.82) is 0 Å². The first-order chi connectivity index (χ1) is 8.29. The van der Waals surface area contributed by atoms with Crippen molar-refractivity contribution in [3.63, 3.8) is 0 Å². The van der Waals surface area contributed by atoms with Crippen molar-refractivity contribution in [1.82, 2.24) is 4.90 Å². The molecular weight excluding hydrogens is 220 g/mol. The van der Waals surface area contributed by atoms with Crippen LogP contribution in [0.4, 0.5) is 4.79 Å². The summed E-state index contributed by atoms with van der Waals surface area (Å²) in [5, 5.41) is 3.75. The lowest BCUT2D eigenvalue weighted by atomic mass is 10.2. The second-order valence-corrected chi connectivity index (χ2v) is 3.74. The zero-order valence-corrected chi connectivity index (χ0v) is 9.63. The van der Waals surface area contributed by atoms with E-state index in [4.69, 9.17) is 4.74 Å². The maximum atomic E-state index is 11.6. The van der Waals surface area contributed by atoms with Gasteiger partial charge in [-0.15, -0.1) is 0 Å². The number of benzene rings is 1. The molecule has 90 valence electrons. The number of nitrogens with zero attached hydrogens (tertiary/aromatic N) is 2. The molecule has 1 amide bonds. The summed E-state index contributed by atoms with van der Waals surface area (Å²) >= 11 is 0. The van der Waals surface area contributed by atoms with Gasteiger partial charge in [0.05, 0.1) is 18.8 Å². The Labute approximate surface area is 99.6 Å². The van der Waals surface area contributed by atoms with E-state index in [9.17, 15) is 4.79 Å². The number of hydrogen-bond acceptors (Lipinski definition) is 4. The predicted molar refractivity (Wildman–Crippen MR) is 62.6 cm³/mol. The Hall–Kier alpha value is -2.04. The van der Waals surface area contributed by atoms with E-state index < -0.39 is 0 Å². The van der Waals surface area contributed by atoms with Crippen molar-refractivity contribution in [2.24, 2.45) is 5.16 Å². The lowest BCUT2D eigenvalue weighted by Crippen LogP contribution is -2.50. The van der Waals surface area contributed by atoms with Crippen LogP contribution < -0.4 is 0 Å². The Morgan fingerprint density at radius 2 is 2.06 bits per heavy atom. The third-order valence-corrected chi connectivity index (χ3v) is 2.43. The van der Waals surface area contributed by atoms with E-state index in [-0.39, 0.29) is 6.09 Å². The molecule has 0 atom stereocenters. The summed E-state index contributed by atoms with van der Waals surface area (Å²) in [6, 6.07) is 9.59. The van der Waals surface area contributed by atoms with E-state index in [2.05, 4.69) is 9.99 Å². The van der Waals surface area contributed by atoms with Gasteiger partial charge in [-0.25, -0.2) is 4.79 Å². The normalized spacial score (nSPS) is 13.9. The molecule has 0 aliphatic carbocycles. The molecule has 1 aromatic carbocycles. The Morgan fingerprint density at radius 1 is 1.35 bits per heavy atom. The molecule has 5 heteroatoms. The van der Waals surface area contributed by atoms with Gasteiger partial charge in [0.15, 0.2) is 0 Å². The molecule has 0 bridgehead atoms. The minimum atomic E-state index is -0.316. The fourth-order valence-electron chi connectivity index (χ4n) is 1.52. The van der Waals surface area contributed by atoms with Crippen LogP contribution in [0.25, 0.3) is 0 Å². The molecule has 0 saturated carbocycles. The third-order valence-electron chi connectivity index (χ3n) is 2.43. The second-order valence-electron chi connectivity index (χ2n) is 3.74. The predicted octanol–water partition coefficient (Wildman–Crippen LogP) is 1.64. The summed E-state index contributed by atoms with van der Waals surface area (Å²) in [7, 11) is 1.49. The van der Waals surface area contributed by atoms with Crippen LogP contribution in [0.3, 0.4) is 0 Å². The molecule has 1 aromatic rings. The van der Waals surface area contributed by atoms with Gasteiger partial charge in [0.25, 0.3) is 0 Å². The van der Waals surface area contributed by atoms with Gasteiger partial charge in [-0.05, 0) is 5.56 Å². The zero-order chi connectivity index (χ0) is 12.1. The maximum absolute atomic E-state index is 11.6. The van der Waals surface area contributed by atoms with Gasteiger partial charge in [-0.1, -0.05) is 35.5 Å². The molecule has 1 aliphatic heterocycles. The molecule has 0 aromatic heterocycles. The van der Waals surface area contributed by atoms with Crippen molar-refractivity contribution in [3.8, 4) is 0 Å². The number of amides is 1. The third kappa shape index (κ3) is 2.96. The highest BCUT2D eigenvalue weighted by Gasteiger charge is 2.28. The fraction of sp³-hybridized carbons (Fsp3) is 0.333. The lowest BCUT2D eigenvalue weighted by Gasteiger charge is -2.30. The molecule has 1 aliphatic rings. The minimum Gasteiger partial charge on any atom is -0.445 e. The van der Waals surface area contributed by atoms with Crippen LogP contribution in [0.2, 0.25) is 0 Å². The van der Waals surface area contributed by atoms with Gasteiger partial charge in [0.2, 0.25) is 0 Å². The first-order valence-corrected chi connectivity index (χ1v) is 5.34. The van der Waals surface area contributed by atoms with Gasteiger partial charge >= 0.3 is 6.09 Å². The summed E-state index contributed by atoms with van der Waals surface area (Å²) in [4.78, 5) is 17.7. The number of likely N-dealkylation sites (tertiary alicyclic amines) is 1. The van der Waals surface area contributed by atoms with Gasteiger partial charge < -0.3 is 9.57 Å². The molecule has 1 fully saturated rings. The first-order valence-electron chi connectivity index (χ1n) is 5.34. The Bertz CT molecular complexity index is 409. The fourth-order valence-corrected chi connectivity index (χ4v) is 1.52. The Morgan fingerprint density at radius 3 is 2.71 bits per heavy atom. The lowest BCUT2D eigenvalue weighted by molar-refractivity contribution is 0.0972. The number of hydrogen-bond donors (Lipinski definition) is 0. The SMILES string of the molecule is CON=C1CN(C(=O)OCc2ccccc2)C1. The van der Waals surface area contributed by atoms with E-state index in [1.807, 2.05) is 30.3 Å². The first kappa shape index (κ1) is 11.4. The van der Waals surface area contributed by atoms with Crippen LogP contribution in [0.1, 0.15) is 5.56 Å². The summed E-state index contributed by atoms with van der Waals surface area (Å²) in [6.45, 7) is 1.27. The molecule has 0 radical (unpaired) electrons. The topological polar surface area (TPSA) is 51.1 Å². The highest BCUT2D eigenvalue weighted by molar-refractivity contribution is 5.98. The van der Waals surface area contributed by atoms with E-state index >= 15 is 0 Å². The highest BCUT2D eigenvalue weighted by Crippen LogP contribution is 2.09. The number of carbonyl (C=O) groups is 1. The van der Waals surface area contributed by atoms with Crippen molar-refractivity contribution < 1.29 is 14.4 Å². The number of ether oxygens (including phenoxy) is 1. The number of carbonyl (C=O) groups excluding carboxylic acids is 1. The zero-order valence-electron chi connectivity index (χ0n) is 9.63. The molecule has 17 heavy (non-hydrogen) atoms. The summed E-state index contributed by atoms with van der Waals surface area (Å²) in [5.41, 5.74) is 1.83. The number of rotatable bonds is 3. The van der Waals surface area contributed by atoms with E-state index in [0.29, 0.717) is 19.7 Å². The molecular formula is C12H14N2O3. The Kier molecular flexibility index (Phi) is 3.59. The molecule has 1 heterocycles. The maximum Gasteiger partial charge on any atom is 0.410 e. The van der Waals surface area contributed by atoms with Crippen LogP contribution in [0, 0.1) is 0 Å². The monoisotopic (exact) mass is 234 g/mol. The quantitative estimate of drug-likeness (QED) is 0.747. The van der Waals surface area contributed by atoms with Gasteiger partial charge in [-0.3, -0.25) is 4.90 Å². The van der Waals surface area contributed by atoms with Crippen LogP contribution in [0.15, 0.2) is 35.5 Å². The summed E-state index contributed by atoms with van der Waals surface area (Å²) in [6.07, 6.45) is -0.316. The van der Waals surface area contributed by atoms with E-state index in [1.54, 1.807) is 4.90 Å². The van der Waals surface area contributed by atoms with E-state index in [1.165, 1.54) is 7.11 Å². The largest absolute Gasteiger partial charge is 0.445 e. The highest BCUT2D eigenvalue weighted by atomic mass is 16.6. The molecule has 5 nitrogen and oxygen atoms in total. The second kappa shape index (κ2) is 5.34. The summed E-state index contributed by atoms with van der Waals surface area (Å²) < 4.78 is 5.15. The number of oxime groups is 1. The van der Waals surface area contributed by atoms with Crippen molar-refractivity contribution in [2.75, 3.05) is 20.2 Å². The smallest absolute Gasteiger partial charge is 0.410 e. The van der Waals surface area contributed by atoms with Crippen molar-refractivity contribution in [2.45, 2.75) is 6.61 Å². The van der Waals surface area contributed by atoms with Gasteiger partial charge in [0.1, 0.15) is 13.7 Å². The van der Waals surface area contributed by atoms with E-state index in [0.717, 1.165) is 11.3 Å². The molecule has 0 N–H and O–H groups in total. The van der Waals surface area contributed by atoms with Crippen LogP contribution in [-0.4, -0.2) is 36.9 Å². The minimum absolute atomic E-state index is 0.299. The molecule has 1 saturated heterocycles. The van der Waals surface area contributed by atoms with Crippen molar-refractivity contribution in [3.05, 3.63) is 35.9 Å². The average Bonchev–Trinajstić information content (AvgIpc) is 2.31. The van der Waals surface area contributed by atoms with Crippen LogP contribution in [-0.2, 0) is 16.2 Å².